The number of carbonyl (C=O) groups excluding carboxylic acids is 2. The Hall–Kier alpha value is -3.22. The molecule has 2 amide bonds. The molecule has 3 rings (SSSR count). The molecule has 0 aromatic heterocycles. The quantitative estimate of drug-likeness (QED) is 0.621. The van der Waals surface area contributed by atoms with Gasteiger partial charge in [0.2, 0.25) is 5.91 Å². The molecule has 27 heavy (non-hydrogen) atoms. The van der Waals surface area contributed by atoms with Gasteiger partial charge in [0.05, 0.1) is 11.0 Å². The van der Waals surface area contributed by atoms with Gasteiger partial charge in [0, 0.05) is 36.3 Å². The number of benzene rings is 2. The fraction of sp³-hybridized carbons (Fsp3) is 0.300. The van der Waals surface area contributed by atoms with Gasteiger partial charge in [0.25, 0.3) is 11.6 Å². The van der Waals surface area contributed by atoms with Crippen molar-refractivity contribution in [2.45, 2.75) is 25.8 Å². The van der Waals surface area contributed by atoms with Crippen LogP contribution < -0.4 is 5.32 Å². The summed E-state index contributed by atoms with van der Waals surface area (Å²) in [7, 11) is 1.66. The second kappa shape index (κ2) is 7.57. The number of rotatable bonds is 6. The molecule has 0 spiro atoms. The van der Waals surface area contributed by atoms with E-state index >= 15 is 0 Å². The first-order valence-electron chi connectivity index (χ1n) is 8.79. The van der Waals surface area contributed by atoms with Crippen LogP contribution in [-0.4, -0.2) is 28.7 Å². The largest absolute Gasteiger partial charge is 0.335 e. The lowest BCUT2D eigenvalue weighted by Gasteiger charge is -2.25. The smallest absolute Gasteiger partial charge is 0.269 e. The van der Waals surface area contributed by atoms with Gasteiger partial charge in [-0.25, -0.2) is 0 Å². The Labute approximate surface area is 157 Å². The molecular formula is C20H21N3O4. The highest BCUT2D eigenvalue weighted by Crippen LogP contribution is 2.30. The minimum absolute atomic E-state index is 0.00374. The molecule has 1 fully saturated rings. The van der Waals surface area contributed by atoms with Gasteiger partial charge in [0.1, 0.15) is 0 Å². The van der Waals surface area contributed by atoms with Gasteiger partial charge >= 0.3 is 0 Å². The summed E-state index contributed by atoms with van der Waals surface area (Å²) in [6.07, 6.45) is 1.87. The summed E-state index contributed by atoms with van der Waals surface area (Å²) < 4.78 is 0. The van der Waals surface area contributed by atoms with Crippen LogP contribution in [0.25, 0.3) is 0 Å². The number of nitro benzene ring substituents is 1. The van der Waals surface area contributed by atoms with Crippen molar-refractivity contribution in [3.05, 3.63) is 69.8 Å². The highest BCUT2D eigenvalue weighted by Gasteiger charge is 2.29. The van der Waals surface area contributed by atoms with Gasteiger partial charge in [-0.2, -0.15) is 0 Å². The molecule has 140 valence electrons. The summed E-state index contributed by atoms with van der Waals surface area (Å²) >= 11 is 0. The number of carbonyl (C=O) groups is 2. The van der Waals surface area contributed by atoms with Crippen molar-refractivity contribution in [2.24, 2.45) is 5.92 Å². The maximum absolute atomic E-state index is 12.7. The van der Waals surface area contributed by atoms with E-state index in [9.17, 15) is 19.7 Å². The lowest BCUT2D eigenvalue weighted by Crippen LogP contribution is -2.29. The van der Waals surface area contributed by atoms with Crippen molar-refractivity contribution >= 4 is 23.2 Å². The van der Waals surface area contributed by atoms with Crippen LogP contribution in [0, 0.1) is 16.0 Å². The maximum atomic E-state index is 12.7. The highest BCUT2D eigenvalue weighted by molar-refractivity contribution is 5.96. The number of nitro groups is 1. The lowest BCUT2D eigenvalue weighted by atomic mass is 10.1. The second-order valence-corrected chi connectivity index (χ2v) is 6.79. The first kappa shape index (κ1) is 18.6. The molecule has 0 bridgehead atoms. The van der Waals surface area contributed by atoms with Crippen LogP contribution in [0.4, 0.5) is 11.4 Å². The normalized spacial score (nSPS) is 14.3. The third-order valence-electron chi connectivity index (χ3n) is 4.81. The molecule has 1 atom stereocenters. The number of anilines is 1. The maximum Gasteiger partial charge on any atom is 0.269 e. The van der Waals surface area contributed by atoms with Gasteiger partial charge in [-0.15, -0.1) is 0 Å². The zero-order chi connectivity index (χ0) is 19.6. The molecule has 1 aliphatic rings. The summed E-state index contributed by atoms with van der Waals surface area (Å²) in [5.74, 6) is -0.0622. The number of nitrogens with zero attached hydrogens (tertiary/aromatic N) is 2. The van der Waals surface area contributed by atoms with Crippen LogP contribution in [0.3, 0.4) is 0 Å². The van der Waals surface area contributed by atoms with E-state index in [-0.39, 0.29) is 29.5 Å². The minimum Gasteiger partial charge on any atom is -0.335 e. The van der Waals surface area contributed by atoms with E-state index < -0.39 is 4.92 Å². The molecule has 1 N–H and O–H groups in total. The van der Waals surface area contributed by atoms with Crippen molar-refractivity contribution in [3.63, 3.8) is 0 Å². The summed E-state index contributed by atoms with van der Waals surface area (Å²) in [4.78, 5) is 36.6. The van der Waals surface area contributed by atoms with Crippen LogP contribution in [-0.2, 0) is 4.79 Å². The monoisotopic (exact) mass is 367 g/mol. The third kappa shape index (κ3) is 4.31. The molecule has 0 heterocycles. The Morgan fingerprint density at radius 2 is 1.85 bits per heavy atom. The van der Waals surface area contributed by atoms with Gasteiger partial charge in [-0.3, -0.25) is 19.7 Å². The molecule has 0 unspecified atom stereocenters. The first-order valence-corrected chi connectivity index (χ1v) is 8.79. The average Bonchev–Trinajstić information content (AvgIpc) is 3.52. The SMILES string of the molecule is C[C@@H](c1cccc([N+](=O)[O-])c1)N(C)C(=O)c1ccc(NC(=O)C2CC2)cc1. The summed E-state index contributed by atoms with van der Waals surface area (Å²) in [5, 5.41) is 13.8. The Morgan fingerprint density at radius 1 is 1.19 bits per heavy atom. The third-order valence-corrected chi connectivity index (χ3v) is 4.81. The molecule has 2 aromatic rings. The van der Waals surface area contributed by atoms with Crippen molar-refractivity contribution in [1.82, 2.24) is 4.90 Å². The van der Waals surface area contributed by atoms with E-state index in [2.05, 4.69) is 5.32 Å². The standard InChI is InChI=1S/C20H21N3O4/c1-13(16-4-3-5-18(12-16)23(26)27)22(2)20(25)15-8-10-17(11-9-15)21-19(24)14-6-7-14/h3-5,8-14H,6-7H2,1-2H3,(H,21,24)/t13-/m0/s1. The number of non-ortho nitro benzene ring substituents is 1. The average molecular weight is 367 g/mol. The van der Waals surface area contributed by atoms with Crippen molar-refractivity contribution in [1.29, 1.82) is 0 Å². The molecule has 7 nitrogen and oxygen atoms in total. The van der Waals surface area contributed by atoms with Crippen molar-refractivity contribution in [3.8, 4) is 0 Å². The van der Waals surface area contributed by atoms with Crippen molar-refractivity contribution < 1.29 is 14.5 Å². The number of hydrogen-bond acceptors (Lipinski definition) is 4. The van der Waals surface area contributed by atoms with Crippen LogP contribution in [0.2, 0.25) is 0 Å². The summed E-state index contributed by atoms with van der Waals surface area (Å²) in [6, 6.07) is 12.7. The van der Waals surface area contributed by atoms with Gasteiger partial charge in [-0.1, -0.05) is 12.1 Å². The predicted octanol–water partition coefficient (Wildman–Crippen LogP) is 3.78. The predicted molar refractivity (Wildman–Crippen MR) is 101 cm³/mol. The van der Waals surface area contributed by atoms with E-state index in [0.29, 0.717) is 16.8 Å². The number of nitrogens with one attached hydrogen (secondary N) is 1. The van der Waals surface area contributed by atoms with E-state index in [4.69, 9.17) is 0 Å². The van der Waals surface area contributed by atoms with Gasteiger partial charge < -0.3 is 10.2 Å². The Balaban J connectivity index is 1.69. The molecule has 0 aliphatic heterocycles. The van der Waals surface area contributed by atoms with Crippen LogP contribution in [0.5, 0.6) is 0 Å². The van der Waals surface area contributed by atoms with Crippen molar-refractivity contribution in [2.75, 3.05) is 12.4 Å². The highest BCUT2D eigenvalue weighted by atomic mass is 16.6. The second-order valence-electron chi connectivity index (χ2n) is 6.79. The molecule has 7 heteroatoms. The Kier molecular flexibility index (Phi) is 5.21. The van der Waals surface area contributed by atoms with Gasteiger partial charge in [-0.05, 0) is 49.6 Å². The Morgan fingerprint density at radius 3 is 2.44 bits per heavy atom. The first-order chi connectivity index (χ1) is 12.9. The fourth-order valence-electron chi connectivity index (χ4n) is 2.79. The zero-order valence-corrected chi connectivity index (χ0v) is 15.2. The van der Waals surface area contributed by atoms with E-state index in [1.165, 1.54) is 17.0 Å². The minimum atomic E-state index is -0.452. The zero-order valence-electron chi connectivity index (χ0n) is 15.2. The summed E-state index contributed by atoms with van der Waals surface area (Å²) in [6.45, 7) is 1.82. The number of hydrogen-bond donors (Lipinski definition) is 1. The molecule has 0 radical (unpaired) electrons. The summed E-state index contributed by atoms with van der Waals surface area (Å²) in [5.41, 5.74) is 1.83. The topological polar surface area (TPSA) is 92.6 Å². The molecule has 2 aromatic carbocycles. The fourth-order valence-corrected chi connectivity index (χ4v) is 2.79. The molecule has 1 saturated carbocycles. The van der Waals surface area contributed by atoms with Crippen LogP contribution in [0.1, 0.15) is 41.7 Å². The van der Waals surface area contributed by atoms with Crippen LogP contribution in [0.15, 0.2) is 48.5 Å². The molecular weight excluding hydrogens is 346 g/mol. The molecule has 0 saturated heterocycles. The van der Waals surface area contributed by atoms with Crippen LogP contribution >= 0.6 is 0 Å². The number of amides is 2. The lowest BCUT2D eigenvalue weighted by molar-refractivity contribution is -0.384. The van der Waals surface area contributed by atoms with E-state index in [1.807, 2.05) is 6.92 Å². The molecule has 1 aliphatic carbocycles. The van der Waals surface area contributed by atoms with E-state index in [0.717, 1.165) is 12.8 Å². The Bertz CT molecular complexity index is 875. The van der Waals surface area contributed by atoms with E-state index in [1.54, 1.807) is 43.4 Å². The van der Waals surface area contributed by atoms with Gasteiger partial charge in [0.15, 0.2) is 0 Å².